The van der Waals surface area contributed by atoms with Gasteiger partial charge in [-0.25, -0.2) is 5.73 Å². The van der Waals surface area contributed by atoms with Gasteiger partial charge >= 0.3 is 5.97 Å². The summed E-state index contributed by atoms with van der Waals surface area (Å²) in [7, 11) is 1.34. The number of ether oxygens (including phenoxy) is 1. The Bertz CT molecular complexity index is 139. The second-order valence-corrected chi connectivity index (χ2v) is 2.78. The SMILES string of the molecule is COC(=O)C1([NH])CCCC1. The van der Waals surface area contributed by atoms with E-state index in [1.165, 1.54) is 7.11 Å². The fourth-order valence-electron chi connectivity index (χ4n) is 1.38. The lowest BCUT2D eigenvalue weighted by Gasteiger charge is -2.17. The summed E-state index contributed by atoms with van der Waals surface area (Å²) in [6, 6.07) is 0. The number of carbonyl (C=O) groups is 1. The van der Waals surface area contributed by atoms with Crippen molar-refractivity contribution in [1.82, 2.24) is 5.73 Å². The largest absolute Gasteiger partial charge is 0.468 e. The van der Waals surface area contributed by atoms with Crippen LogP contribution in [0.3, 0.4) is 0 Å². The minimum absolute atomic E-state index is 0.370. The molecule has 0 saturated heterocycles. The van der Waals surface area contributed by atoms with Crippen LogP contribution in [0, 0.1) is 0 Å². The summed E-state index contributed by atoms with van der Waals surface area (Å²) in [5.41, 5.74) is 6.70. The maximum absolute atomic E-state index is 10.9. The molecule has 0 amide bonds. The molecule has 57 valence electrons. The molecular formula is C7H12NO2. The van der Waals surface area contributed by atoms with Crippen LogP contribution in [0.25, 0.3) is 0 Å². The normalized spacial score (nSPS) is 22.6. The number of esters is 1. The predicted molar refractivity (Wildman–Crippen MR) is 36.3 cm³/mol. The van der Waals surface area contributed by atoms with E-state index in [0.29, 0.717) is 12.8 Å². The number of rotatable bonds is 1. The van der Waals surface area contributed by atoms with Gasteiger partial charge in [-0.2, -0.15) is 0 Å². The van der Waals surface area contributed by atoms with Crippen molar-refractivity contribution in [3.8, 4) is 0 Å². The van der Waals surface area contributed by atoms with Crippen molar-refractivity contribution < 1.29 is 9.53 Å². The smallest absolute Gasteiger partial charge is 0.327 e. The minimum Gasteiger partial charge on any atom is -0.468 e. The highest BCUT2D eigenvalue weighted by atomic mass is 16.5. The van der Waals surface area contributed by atoms with Gasteiger partial charge in [0.05, 0.1) is 7.11 Å². The average molecular weight is 142 g/mol. The molecule has 1 saturated carbocycles. The van der Waals surface area contributed by atoms with Crippen molar-refractivity contribution >= 4 is 5.97 Å². The quantitative estimate of drug-likeness (QED) is 0.507. The Labute approximate surface area is 60.5 Å². The zero-order chi connectivity index (χ0) is 7.61. The van der Waals surface area contributed by atoms with E-state index in [-0.39, 0.29) is 5.97 Å². The van der Waals surface area contributed by atoms with Crippen LogP contribution >= 0.6 is 0 Å². The molecule has 1 radical (unpaired) electrons. The van der Waals surface area contributed by atoms with E-state index in [9.17, 15) is 4.79 Å². The van der Waals surface area contributed by atoms with Crippen molar-refractivity contribution in [1.29, 1.82) is 0 Å². The van der Waals surface area contributed by atoms with E-state index in [0.717, 1.165) is 12.8 Å². The molecule has 3 nitrogen and oxygen atoms in total. The Morgan fingerprint density at radius 1 is 1.50 bits per heavy atom. The minimum atomic E-state index is -0.908. The van der Waals surface area contributed by atoms with Gasteiger partial charge in [0.1, 0.15) is 5.54 Å². The van der Waals surface area contributed by atoms with Crippen LogP contribution in [-0.2, 0) is 9.53 Å². The van der Waals surface area contributed by atoms with Gasteiger partial charge in [0.2, 0.25) is 0 Å². The van der Waals surface area contributed by atoms with Gasteiger partial charge in [0, 0.05) is 0 Å². The summed E-state index contributed by atoms with van der Waals surface area (Å²) in [5, 5.41) is 0. The summed E-state index contributed by atoms with van der Waals surface area (Å²) in [6.45, 7) is 0. The van der Waals surface area contributed by atoms with Gasteiger partial charge in [-0.3, -0.25) is 4.79 Å². The summed E-state index contributed by atoms with van der Waals surface area (Å²) in [4.78, 5) is 10.9. The van der Waals surface area contributed by atoms with E-state index in [1.54, 1.807) is 0 Å². The Morgan fingerprint density at radius 3 is 2.40 bits per heavy atom. The topological polar surface area (TPSA) is 50.1 Å². The van der Waals surface area contributed by atoms with Crippen LogP contribution in [0.1, 0.15) is 25.7 Å². The van der Waals surface area contributed by atoms with Crippen LogP contribution in [0.15, 0.2) is 0 Å². The molecule has 1 aliphatic carbocycles. The van der Waals surface area contributed by atoms with E-state index in [1.807, 2.05) is 0 Å². The molecule has 0 aromatic heterocycles. The third-order valence-corrected chi connectivity index (χ3v) is 2.03. The Balaban J connectivity index is 2.58. The fourth-order valence-corrected chi connectivity index (χ4v) is 1.38. The molecule has 1 N–H and O–H groups in total. The second-order valence-electron chi connectivity index (χ2n) is 2.78. The van der Waals surface area contributed by atoms with Crippen molar-refractivity contribution in [2.24, 2.45) is 0 Å². The Morgan fingerprint density at radius 2 is 2.00 bits per heavy atom. The number of carbonyl (C=O) groups excluding carboxylic acids is 1. The lowest BCUT2D eigenvalue weighted by molar-refractivity contribution is -0.147. The predicted octanol–water partition coefficient (Wildman–Crippen LogP) is 0.755. The first-order valence-corrected chi connectivity index (χ1v) is 3.52. The van der Waals surface area contributed by atoms with E-state index < -0.39 is 5.54 Å². The third-order valence-electron chi connectivity index (χ3n) is 2.03. The average Bonchev–Trinajstić information content (AvgIpc) is 2.36. The van der Waals surface area contributed by atoms with E-state index in [4.69, 9.17) is 5.73 Å². The van der Waals surface area contributed by atoms with Crippen LogP contribution in [0.2, 0.25) is 0 Å². The molecular weight excluding hydrogens is 130 g/mol. The lowest BCUT2D eigenvalue weighted by atomic mass is 10.0. The van der Waals surface area contributed by atoms with Crippen LogP contribution in [0.5, 0.6) is 0 Å². The second kappa shape index (κ2) is 2.58. The molecule has 1 rings (SSSR count). The summed E-state index contributed by atoms with van der Waals surface area (Å²) >= 11 is 0. The van der Waals surface area contributed by atoms with E-state index in [2.05, 4.69) is 4.74 Å². The van der Waals surface area contributed by atoms with Crippen LogP contribution in [-0.4, -0.2) is 18.6 Å². The monoisotopic (exact) mass is 142 g/mol. The highest BCUT2D eigenvalue weighted by molar-refractivity contribution is 5.80. The summed E-state index contributed by atoms with van der Waals surface area (Å²) in [6.07, 6.45) is 3.30. The maximum Gasteiger partial charge on any atom is 0.327 e. The molecule has 0 aliphatic heterocycles. The molecule has 0 aromatic carbocycles. The number of hydrogen-bond donors (Lipinski definition) is 0. The van der Waals surface area contributed by atoms with Gasteiger partial charge in [-0.15, -0.1) is 0 Å². The summed E-state index contributed by atoms with van der Waals surface area (Å²) in [5.74, 6) is -0.370. The maximum atomic E-state index is 10.9. The number of hydrogen-bond acceptors (Lipinski definition) is 2. The number of methoxy groups -OCH3 is 1. The first kappa shape index (κ1) is 7.54. The summed E-state index contributed by atoms with van der Waals surface area (Å²) < 4.78 is 4.51. The molecule has 3 heteroatoms. The van der Waals surface area contributed by atoms with Gasteiger partial charge in [0.15, 0.2) is 0 Å². The first-order chi connectivity index (χ1) is 4.69. The van der Waals surface area contributed by atoms with Crippen molar-refractivity contribution in [3.63, 3.8) is 0 Å². The van der Waals surface area contributed by atoms with Gasteiger partial charge in [0.25, 0.3) is 0 Å². The van der Waals surface area contributed by atoms with Crippen LogP contribution < -0.4 is 5.73 Å². The molecule has 0 aromatic rings. The highest BCUT2D eigenvalue weighted by Crippen LogP contribution is 2.29. The molecule has 1 fully saturated rings. The molecule has 10 heavy (non-hydrogen) atoms. The number of nitrogens with one attached hydrogen (secondary N) is 1. The van der Waals surface area contributed by atoms with Gasteiger partial charge in [-0.05, 0) is 12.8 Å². The van der Waals surface area contributed by atoms with Crippen LogP contribution in [0.4, 0.5) is 0 Å². The van der Waals surface area contributed by atoms with Crippen molar-refractivity contribution in [3.05, 3.63) is 0 Å². The zero-order valence-electron chi connectivity index (χ0n) is 6.14. The molecule has 0 atom stereocenters. The highest BCUT2D eigenvalue weighted by Gasteiger charge is 2.38. The lowest BCUT2D eigenvalue weighted by Crippen LogP contribution is -2.38. The molecule has 0 bridgehead atoms. The van der Waals surface area contributed by atoms with Gasteiger partial charge in [-0.1, -0.05) is 12.8 Å². The third kappa shape index (κ3) is 1.14. The molecule has 0 heterocycles. The van der Waals surface area contributed by atoms with E-state index >= 15 is 0 Å². The molecule has 0 unspecified atom stereocenters. The van der Waals surface area contributed by atoms with Crippen molar-refractivity contribution in [2.45, 2.75) is 31.2 Å². The fraction of sp³-hybridized carbons (Fsp3) is 0.857. The standard InChI is InChI=1S/C7H12NO2/c1-10-6(9)7(8)4-2-3-5-7/h8H,2-5H2,1H3. The Hall–Kier alpha value is -0.570. The van der Waals surface area contributed by atoms with Gasteiger partial charge < -0.3 is 4.74 Å². The molecule has 0 spiro atoms. The Kier molecular flexibility index (Phi) is 1.94. The first-order valence-electron chi connectivity index (χ1n) is 3.52. The molecule has 1 aliphatic rings. The zero-order valence-corrected chi connectivity index (χ0v) is 6.14. The van der Waals surface area contributed by atoms with Crippen molar-refractivity contribution in [2.75, 3.05) is 7.11 Å².